The van der Waals surface area contributed by atoms with Crippen LogP contribution in [-0.4, -0.2) is 27.6 Å². The molecule has 0 aliphatic rings. The van der Waals surface area contributed by atoms with Crippen molar-refractivity contribution >= 4 is 34.7 Å². The fourth-order valence-electron chi connectivity index (χ4n) is 3.81. The molecule has 0 radical (unpaired) electrons. The summed E-state index contributed by atoms with van der Waals surface area (Å²) in [6.45, 7) is 1.22. The Morgan fingerprint density at radius 1 is 0.944 bits per heavy atom. The second-order valence-corrected chi connectivity index (χ2v) is 7.73. The third-order valence-electron chi connectivity index (χ3n) is 5.40. The predicted octanol–water partition coefficient (Wildman–Crippen LogP) is 4.62. The molecule has 0 aliphatic carbocycles. The molecule has 8 nitrogen and oxygen atoms in total. The lowest BCUT2D eigenvalue weighted by molar-refractivity contribution is -0.140. The van der Waals surface area contributed by atoms with Crippen molar-refractivity contribution in [2.75, 3.05) is 0 Å². The Balaban J connectivity index is 1.96. The third kappa shape index (κ3) is 4.47. The number of hydrogen-bond donors (Lipinski definition) is 1. The number of nitriles is 2. The topological polar surface area (TPSA) is 133 Å². The van der Waals surface area contributed by atoms with Crippen molar-refractivity contribution in [3.8, 4) is 23.4 Å². The van der Waals surface area contributed by atoms with Gasteiger partial charge < -0.3 is 9.94 Å². The van der Waals surface area contributed by atoms with Gasteiger partial charge in [-0.2, -0.15) is 15.3 Å². The molecule has 1 heterocycles. The first-order chi connectivity index (χ1) is 17.3. The number of fused-ring (bicyclic) bond motifs is 1. The number of hydrogen-bond acceptors (Lipinski definition) is 6. The van der Waals surface area contributed by atoms with Crippen molar-refractivity contribution in [2.45, 2.75) is 6.92 Å². The Morgan fingerprint density at radius 3 is 2.17 bits per heavy atom. The van der Waals surface area contributed by atoms with Crippen LogP contribution in [0.5, 0.6) is 0 Å². The standard InChI is InChI=1S/C28H17N3O5/c1-17(32)36-31-24-14-22(16-30)21(15-29)13-23(24)26(27(31)19-5-3-2-4-6-19)25(33)12-9-18-7-10-20(11-8-18)28(34)35/h2-14H,1H3,(H,34,35)/b12-9+. The second-order valence-electron chi connectivity index (χ2n) is 7.73. The summed E-state index contributed by atoms with van der Waals surface area (Å²) in [6.07, 6.45) is 2.85. The third-order valence-corrected chi connectivity index (χ3v) is 5.40. The summed E-state index contributed by atoms with van der Waals surface area (Å²) < 4.78 is 1.21. The van der Waals surface area contributed by atoms with Crippen molar-refractivity contribution in [1.29, 1.82) is 10.5 Å². The Kier molecular flexibility index (Phi) is 6.44. The molecule has 0 saturated carbocycles. The van der Waals surface area contributed by atoms with Gasteiger partial charge in [-0.25, -0.2) is 9.59 Å². The maximum atomic E-state index is 13.6. The number of ketones is 1. The monoisotopic (exact) mass is 475 g/mol. The van der Waals surface area contributed by atoms with E-state index < -0.39 is 17.7 Å². The van der Waals surface area contributed by atoms with E-state index in [0.29, 0.717) is 16.5 Å². The Bertz CT molecular complexity index is 1630. The zero-order chi connectivity index (χ0) is 25.8. The highest BCUT2D eigenvalue weighted by Crippen LogP contribution is 2.35. The quantitative estimate of drug-likeness (QED) is 0.318. The minimum absolute atomic E-state index is 0.0728. The molecule has 0 saturated heterocycles. The van der Waals surface area contributed by atoms with E-state index in [-0.39, 0.29) is 33.5 Å². The van der Waals surface area contributed by atoms with Crippen LogP contribution < -0.4 is 4.84 Å². The van der Waals surface area contributed by atoms with E-state index in [1.165, 1.54) is 48.1 Å². The van der Waals surface area contributed by atoms with Crippen LogP contribution in [0.15, 0.2) is 72.8 Å². The molecule has 0 amide bonds. The smallest absolute Gasteiger partial charge is 0.335 e. The molecule has 0 spiro atoms. The van der Waals surface area contributed by atoms with Crippen LogP contribution in [0, 0.1) is 22.7 Å². The zero-order valence-corrected chi connectivity index (χ0v) is 18.9. The number of carboxylic acid groups (broad SMARTS) is 1. The first kappa shape index (κ1) is 23.7. The molecule has 3 aromatic carbocycles. The molecular formula is C28H17N3O5. The molecule has 36 heavy (non-hydrogen) atoms. The maximum absolute atomic E-state index is 13.6. The molecule has 0 aliphatic heterocycles. The van der Waals surface area contributed by atoms with Crippen LogP contribution in [0.25, 0.3) is 28.2 Å². The van der Waals surface area contributed by atoms with Crippen LogP contribution in [0.4, 0.5) is 0 Å². The Morgan fingerprint density at radius 2 is 1.58 bits per heavy atom. The van der Waals surface area contributed by atoms with Gasteiger partial charge in [-0.15, -0.1) is 0 Å². The van der Waals surface area contributed by atoms with E-state index in [2.05, 4.69) is 0 Å². The lowest BCUT2D eigenvalue weighted by atomic mass is 9.98. The van der Waals surface area contributed by atoms with Crippen molar-refractivity contribution in [1.82, 2.24) is 4.73 Å². The summed E-state index contributed by atoms with van der Waals surface area (Å²) in [5, 5.41) is 28.5. The van der Waals surface area contributed by atoms with Crippen LogP contribution in [0.2, 0.25) is 0 Å². The summed E-state index contributed by atoms with van der Waals surface area (Å²) in [6, 6.07) is 21.6. The highest BCUT2D eigenvalue weighted by Gasteiger charge is 2.26. The summed E-state index contributed by atoms with van der Waals surface area (Å²) in [4.78, 5) is 42.1. The van der Waals surface area contributed by atoms with E-state index in [9.17, 15) is 24.9 Å². The van der Waals surface area contributed by atoms with Crippen LogP contribution in [0.1, 0.15) is 44.3 Å². The minimum atomic E-state index is -1.06. The van der Waals surface area contributed by atoms with Crippen LogP contribution in [-0.2, 0) is 4.79 Å². The van der Waals surface area contributed by atoms with E-state index in [1.807, 2.05) is 12.1 Å². The molecule has 174 valence electrons. The molecule has 0 unspecified atom stereocenters. The molecule has 1 N–H and O–H groups in total. The van der Waals surface area contributed by atoms with Gasteiger partial charge in [0.05, 0.1) is 33.5 Å². The van der Waals surface area contributed by atoms with Gasteiger partial charge in [0.1, 0.15) is 12.1 Å². The largest absolute Gasteiger partial charge is 0.478 e. The lowest BCUT2D eigenvalue weighted by Gasteiger charge is -2.10. The molecule has 0 bridgehead atoms. The van der Waals surface area contributed by atoms with E-state index in [1.54, 1.807) is 42.5 Å². The average Bonchev–Trinajstić information content (AvgIpc) is 3.19. The van der Waals surface area contributed by atoms with E-state index in [0.717, 1.165) is 0 Å². The van der Waals surface area contributed by atoms with Crippen LogP contribution in [0.3, 0.4) is 0 Å². The van der Waals surface area contributed by atoms with Gasteiger partial charge in [-0.1, -0.05) is 48.5 Å². The number of nitrogens with zero attached hydrogens (tertiary/aromatic N) is 3. The van der Waals surface area contributed by atoms with Gasteiger partial charge in [0, 0.05) is 17.9 Å². The summed E-state index contributed by atoms with van der Waals surface area (Å²) in [7, 11) is 0. The molecule has 8 heteroatoms. The summed E-state index contributed by atoms with van der Waals surface area (Å²) in [5.74, 6) is -2.14. The first-order valence-electron chi connectivity index (χ1n) is 10.7. The van der Waals surface area contributed by atoms with Gasteiger partial charge in [0.2, 0.25) is 0 Å². The van der Waals surface area contributed by atoms with Crippen molar-refractivity contribution < 1.29 is 24.3 Å². The van der Waals surface area contributed by atoms with Gasteiger partial charge in [0.15, 0.2) is 5.78 Å². The molecule has 0 atom stereocenters. The van der Waals surface area contributed by atoms with Crippen molar-refractivity contribution in [2.24, 2.45) is 0 Å². The van der Waals surface area contributed by atoms with Gasteiger partial charge in [0.25, 0.3) is 0 Å². The van der Waals surface area contributed by atoms with E-state index in [4.69, 9.17) is 9.94 Å². The number of aromatic carboxylic acids is 1. The molecule has 4 aromatic rings. The normalized spacial score (nSPS) is 10.6. The maximum Gasteiger partial charge on any atom is 0.335 e. The van der Waals surface area contributed by atoms with Gasteiger partial charge in [-0.3, -0.25) is 4.79 Å². The predicted molar refractivity (Wildman–Crippen MR) is 131 cm³/mol. The summed E-state index contributed by atoms with van der Waals surface area (Å²) >= 11 is 0. The Hall–Kier alpha value is -5.47. The lowest BCUT2D eigenvalue weighted by Crippen LogP contribution is -2.18. The number of allylic oxidation sites excluding steroid dienone is 1. The number of benzene rings is 3. The number of rotatable bonds is 6. The fourth-order valence-corrected chi connectivity index (χ4v) is 3.81. The average molecular weight is 475 g/mol. The zero-order valence-electron chi connectivity index (χ0n) is 18.9. The number of carboxylic acids is 1. The molecular weight excluding hydrogens is 458 g/mol. The van der Waals surface area contributed by atoms with Crippen molar-refractivity contribution in [3.63, 3.8) is 0 Å². The molecule has 4 rings (SSSR count). The Labute approximate surface area is 205 Å². The fraction of sp³-hybridized carbons (Fsp3) is 0.0357. The number of carbonyl (C=O) groups excluding carboxylic acids is 2. The van der Waals surface area contributed by atoms with Crippen LogP contribution >= 0.6 is 0 Å². The highest BCUT2D eigenvalue weighted by molar-refractivity contribution is 6.19. The molecule has 0 fully saturated rings. The van der Waals surface area contributed by atoms with E-state index >= 15 is 0 Å². The number of aromatic nitrogens is 1. The first-order valence-corrected chi connectivity index (χ1v) is 10.7. The molecule has 1 aromatic heterocycles. The second kappa shape index (κ2) is 9.80. The minimum Gasteiger partial charge on any atom is -0.478 e. The van der Waals surface area contributed by atoms with Gasteiger partial charge >= 0.3 is 11.9 Å². The number of carbonyl (C=O) groups is 3. The highest BCUT2D eigenvalue weighted by atomic mass is 16.7. The van der Waals surface area contributed by atoms with Crippen molar-refractivity contribution in [3.05, 3.63) is 101 Å². The van der Waals surface area contributed by atoms with Gasteiger partial charge in [-0.05, 0) is 35.9 Å². The summed E-state index contributed by atoms with van der Waals surface area (Å²) in [5.41, 5.74) is 2.19. The SMILES string of the molecule is CC(=O)On1c(-c2ccccc2)c(C(=O)/C=C/c2ccc(C(=O)O)cc2)c2cc(C#N)c(C#N)cc21.